The van der Waals surface area contributed by atoms with Gasteiger partial charge < -0.3 is 14.7 Å². The van der Waals surface area contributed by atoms with Crippen LogP contribution in [0.1, 0.15) is 29.2 Å². The number of hydrogen-bond donors (Lipinski definition) is 0. The summed E-state index contributed by atoms with van der Waals surface area (Å²) in [4.78, 5) is 32.3. The van der Waals surface area contributed by atoms with Crippen LogP contribution < -0.4 is 0 Å². The Kier molecular flexibility index (Phi) is 7.30. The molecule has 0 spiro atoms. The number of piperazine rings is 1. The monoisotopic (exact) mass is 437 g/mol. The third-order valence-electron chi connectivity index (χ3n) is 6.25. The summed E-state index contributed by atoms with van der Waals surface area (Å²) in [6.45, 7) is 4.00. The molecule has 0 bridgehead atoms. The van der Waals surface area contributed by atoms with Gasteiger partial charge in [-0.15, -0.1) is 11.8 Å². The molecule has 2 aliphatic rings. The summed E-state index contributed by atoms with van der Waals surface area (Å²) in [5.41, 5.74) is 2.39. The molecule has 0 aromatic heterocycles. The molecule has 0 radical (unpaired) electrons. The molecular formula is C25H31N3O2S. The third kappa shape index (κ3) is 5.31. The second-order valence-corrected chi connectivity index (χ2v) is 9.48. The highest BCUT2D eigenvalue weighted by Gasteiger charge is 2.37. The molecule has 2 aliphatic heterocycles. The Morgan fingerprint density at radius 2 is 1.48 bits per heavy atom. The number of rotatable bonds is 6. The van der Waals surface area contributed by atoms with Gasteiger partial charge in [0, 0.05) is 32.7 Å². The number of likely N-dealkylation sites (tertiary alicyclic amines) is 1. The molecule has 0 unspecified atom stereocenters. The molecule has 2 heterocycles. The summed E-state index contributed by atoms with van der Waals surface area (Å²) in [6, 6.07) is 20.4. The lowest BCUT2D eigenvalue weighted by atomic mass is 10.0. The molecular weight excluding hydrogens is 406 g/mol. The number of amides is 2. The van der Waals surface area contributed by atoms with E-state index < -0.39 is 0 Å². The molecule has 2 aromatic carbocycles. The predicted octanol–water partition coefficient (Wildman–Crippen LogP) is 3.27. The van der Waals surface area contributed by atoms with Crippen molar-refractivity contribution in [3.63, 3.8) is 0 Å². The van der Waals surface area contributed by atoms with Gasteiger partial charge in [0.2, 0.25) is 11.8 Å². The highest BCUT2D eigenvalue weighted by atomic mass is 32.2. The zero-order valence-electron chi connectivity index (χ0n) is 18.2. The highest BCUT2D eigenvalue weighted by Crippen LogP contribution is 2.36. The van der Waals surface area contributed by atoms with Crippen LogP contribution >= 0.6 is 11.8 Å². The Morgan fingerprint density at radius 1 is 0.903 bits per heavy atom. The summed E-state index contributed by atoms with van der Waals surface area (Å²) in [6.07, 6.45) is 1.68. The Morgan fingerprint density at radius 3 is 2.06 bits per heavy atom. The van der Waals surface area contributed by atoms with Crippen molar-refractivity contribution >= 4 is 23.6 Å². The van der Waals surface area contributed by atoms with Crippen molar-refractivity contribution in [2.45, 2.75) is 24.1 Å². The summed E-state index contributed by atoms with van der Waals surface area (Å²) in [5, 5.41) is 0.0979. The molecule has 2 saturated heterocycles. The number of thioether (sulfide) groups is 1. The fourth-order valence-electron chi connectivity index (χ4n) is 4.44. The van der Waals surface area contributed by atoms with Gasteiger partial charge in [0.05, 0.1) is 11.0 Å². The minimum Gasteiger partial charge on any atom is -0.338 e. The van der Waals surface area contributed by atoms with Gasteiger partial charge in [0.1, 0.15) is 6.04 Å². The number of nitrogens with zero attached hydrogens (tertiary/aromatic N) is 3. The SMILES string of the molecule is CN1CCN(C(=O)[C@@H]2CCCN2C(=O)CSC(c2ccccc2)c2ccccc2)CC1. The fourth-order valence-corrected chi connectivity index (χ4v) is 5.61. The van der Waals surface area contributed by atoms with E-state index in [1.54, 1.807) is 11.8 Å². The van der Waals surface area contributed by atoms with Crippen LogP contribution in [-0.4, -0.2) is 78.1 Å². The van der Waals surface area contributed by atoms with Crippen molar-refractivity contribution in [3.8, 4) is 0 Å². The van der Waals surface area contributed by atoms with Gasteiger partial charge in [-0.1, -0.05) is 60.7 Å². The standard InChI is InChI=1S/C25H31N3O2S/c1-26-15-17-27(18-16-26)25(30)22-13-8-14-28(22)23(29)19-31-24(20-9-4-2-5-10-20)21-11-6-3-7-12-21/h2-7,9-12,22,24H,8,13-19H2,1H3/t22-/m0/s1. The first kappa shape index (κ1) is 21.9. The maximum absolute atomic E-state index is 13.2. The molecule has 0 saturated carbocycles. The van der Waals surface area contributed by atoms with Crippen LogP contribution in [0.2, 0.25) is 0 Å². The van der Waals surface area contributed by atoms with Gasteiger partial charge in [-0.2, -0.15) is 0 Å². The van der Waals surface area contributed by atoms with Crippen molar-refractivity contribution < 1.29 is 9.59 Å². The van der Waals surface area contributed by atoms with Crippen LogP contribution in [0.4, 0.5) is 0 Å². The van der Waals surface area contributed by atoms with Gasteiger partial charge in [-0.05, 0) is 31.0 Å². The van der Waals surface area contributed by atoms with Crippen LogP contribution in [0, 0.1) is 0 Å². The van der Waals surface area contributed by atoms with E-state index in [0.717, 1.165) is 39.0 Å². The van der Waals surface area contributed by atoms with Gasteiger partial charge >= 0.3 is 0 Å². The second-order valence-electron chi connectivity index (χ2n) is 8.39. The van der Waals surface area contributed by atoms with Crippen LogP contribution in [0.3, 0.4) is 0 Å². The number of carbonyl (C=O) groups is 2. The molecule has 0 aliphatic carbocycles. The Bertz CT molecular complexity index is 829. The van der Waals surface area contributed by atoms with E-state index in [1.807, 2.05) is 46.2 Å². The van der Waals surface area contributed by atoms with Crippen molar-refractivity contribution in [2.24, 2.45) is 0 Å². The lowest BCUT2D eigenvalue weighted by Gasteiger charge is -2.36. The van der Waals surface area contributed by atoms with Crippen molar-refractivity contribution in [2.75, 3.05) is 45.5 Å². The molecule has 2 amide bonds. The molecule has 164 valence electrons. The Balaban J connectivity index is 1.42. The third-order valence-corrected chi connectivity index (χ3v) is 7.54. The zero-order valence-corrected chi connectivity index (χ0v) is 19.0. The molecule has 2 aromatic rings. The largest absolute Gasteiger partial charge is 0.338 e. The molecule has 0 N–H and O–H groups in total. The smallest absolute Gasteiger partial charge is 0.245 e. The minimum atomic E-state index is -0.289. The average Bonchev–Trinajstić information content (AvgIpc) is 3.31. The van der Waals surface area contributed by atoms with Crippen molar-refractivity contribution in [1.82, 2.24) is 14.7 Å². The van der Waals surface area contributed by atoms with E-state index >= 15 is 0 Å². The van der Waals surface area contributed by atoms with Crippen LogP contribution in [0.15, 0.2) is 60.7 Å². The van der Waals surface area contributed by atoms with Crippen LogP contribution in [-0.2, 0) is 9.59 Å². The van der Waals surface area contributed by atoms with E-state index in [1.165, 1.54) is 11.1 Å². The number of carbonyl (C=O) groups excluding carboxylic acids is 2. The van der Waals surface area contributed by atoms with Crippen molar-refractivity contribution in [1.29, 1.82) is 0 Å². The fraction of sp³-hybridized carbons (Fsp3) is 0.440. The van der Waals surface area contributed by atoms with E-state index in [4.69, 9.17) is 0 Å². The first-order chi connectivity index (χ1) is 15.1. The van der Waals surface area contributed by atoms with Gasteiger partial charge in [-0.25, -0.2) is 0 Å². The first-order valence-electron chi connectivity index (χ1n) is 11.1. The number of hydrogen-bond acceptors (Lipinski definition) is 4. The van der Waals surface area contributed by atoms with Crippen LogP contribution in [0.5, 0.6) is 0 Å². The topological polar surface area (TPSA) is 43.9 Å². The highest BCUT2D eigenvalue weighted by molar-refractivity contribution is 8.00. The summed E-state index contributed by atoms with van der Waals surface area (Å²) in [7, 11) is 2.08. The zero-order chi connectivity index (χ0) is 21.6. The Hall–Kier alpha value is -2.31. The number of benzene rings is 2. The average molecular weight is 438 g/mol. The summed E-state index contributed by atoms with van der Waals surface area (Å²) >= 11 is 1.65. The predicted molar refractivity (Wildman–Crippen MR) is 126 cm³/mol. The molecule has 5 nitrogen and oxygen atoms in total. The lowest BCUT2D eigenvalue weighted by molar-refractivity contribution is -0.143. The molecule has 31 heavy (non-hydrogen) atoms. The lowest BCUT2D eigenvalue weighted by Crippen LogP contribution is -2.53. The summed E-state index contributed by atoms with van der Waals surface area (Å²) in [5.74, 6) is 0.583. The van der Waals surface area contributed by atoms with E-state index in [9.17, 15) is 9.59 Å². The normalized spacial score (nSPS) is 19.7. The summed E-state index contributed by atoms with van der Waals surface area (Å²) < 4.78 is 0. The van der Waals surface area contributed by atoms with Crippen molar-refractivity contribution in [3.05, 3.63) is 71.8 Å². The van der Waals surface area contributed by atoms with Gasteiger partial charge in [0.25, 0.3) is 0 Å². The van der Waals surface area contributed by atoms with E-state index in [0.29, 0.717) is 12.3 Å². The quantitative estimate of drug-likeness (QED) is 0.696. The van der Waals surface area contributed by atoms with E-state index in [2.05, 4.69) is 36.2 Å². The van der Waals surface area contributed by atoms with Crippen LogP contribution in [0.25, 0.3) is 0 Å². The Labute approximate surface area is 189 Å². The minimum absolute atomic E-state index is 0.0758. The molecule has 4 rings (SSSR count). The van der Waals surface area contributed by atoms with Gasteiger partial charge in [-0.3, -0.25) is 9.59 Å². The maximum Gasteiger partial charge on any atom is 0.245 e. The molecule has 6 heteroatoms. The maximum atomic E-state index is 13.2. The van der Waals surface area contributed by atoms with Gasteiger partial charge in [0.15, 0.2) is 0 Å². The molecule has 2 fully saturated rings. The van der Waals surface area contributed by atoms with E-state index in [-0.39, 0.29) is 23.1 Å². The first-order valence-corrected chi connectivity index (χ1v) is 12.2. The number of likely N-dealkylation sites (N-methyl/N-ethyl adjacent to an activating group) is 1. The second kappa shape index (κ2) is 10.3. The molecule has 1 atom stereocenters.